The molecule has 0 N–H and O–H groups in total. The van der Waals surface area contributed by atoms with Gasteiger partial charge in [-0.05, 0) is 113 Å². The molecule has 3 nitrogen and oxygen atoms in total. The number of aromatic nitrogens is 2. The van der Waals surface area contributed by atoms with Crippen LogP contribution in [0.4, 0.5) is 0 Å². The molecule has 0 radical (unpaired) electrons. The van der Waals surface area contributed by atoms with Gasteiger partial charge in [-0.2, -0.15) is 0 Å². The highest BCUT2D eigenvalue weighted by molar-refractivity contribution is 5.85. The predicted octanol–water partition coefficient (Wildman–Crippen LogP) is 14.3. The van der Waals surface area contributed by atoms with Crippen LogP contribution in [0, 0.1) is 5.92 Å². The zero-order valence-electron chi connectivity index (χ0n) is 32.3. The van der Waals surface area contributed by atoms with Crippen molar-refractivity contribution in [2.45, 2.75) is 123 Å². The van der Waals surface area contributed by atoms with E-state index in [1.54, 1.807) is 0 Å². The third-order valence-electron chi connectivity index (χ3n) is 11.4. The van der Waals surface area contributed by atoms with Gasteiger partial charge < -0.3 is 4.74 Å². The van der Waals surface area contributed by atoms with Gasteiger partial charge >= 0.3 is 0 Å². The number of hydrogen-bond donors (Lipinski definition) is 0. The lowest BCUT2D eigenvalue weighted by atomic mass is 9.70. The second-order valence-corrected chi connectivity index (χ2v) is 15.1. The Morgan fingerprint density at radius 2 is 1.23 bits per heavy atom. The summed E-state index contributed by atoms with van der Waals surface area (Å²) < 4.78 is 6.27. The molecule has 1 atom stereocenters. The third-order valence-corrected chi connectivity index (χ3v) is 11.4. The SMILES string of the molecule is CCCCCCC1(CCCCCC)c2ccccc2-c2ccc(-c3cc(-c4ccc(OCC(CC)CCCC)cc4)nc(-c4ccccn4)c3)cc21. The fourth-order valence-corrected chi connectivity index (χ4v) is 8.33. The molecule has 0 aliphatic heterocycles. The normalized spacial score (nSPS) is 13.5. The van der Waals surface area contributed by atoms with Crippen LogP contribution in [0.3, 0.4) is 0 Å². The summed E-state index contributed by atoms with van der Waals surface area (Å²) in [6.45, 7) is 9.93. The van der Waals surface area contributed by atoms with Gasteiger partial charge in [0.1, 0.15) is 5.75 Å². The summed E-state index contributed by atoms with van der Waals surface area (Å²) in [6, 6.07) is 35.7. The van der Waals surface area contributed by atoms with Gasteiger partial charge in [0.25, 0.3) is 0 Å². The number of benzene rings is 3. The molecule has 0 saturated heterocycles. The van der Waals surface area contributed by atoms with Crippen molar-refractivity contribution in [3.05, 3.63) is 114 Å². The molecule has 3 aromatic carbocycles. The van der Waals surface area contributed by atoms with Gasteiger partial charge in [0.15, 0.2) is 0 Å². The maximum atomic E-state index is 6.27. The van der Waals surface area contributed by atoms with E-state index in [0.717, 1.165) is 41.4 Å². The lowest BCUT2D eigenvalue weighted by Crippen LogP contribution is -2.25. The number of ether oxygens (including phenoxy) is 1. The number of hydrogen-bond acceptors (Lipinski definition) is 3. The van der Waals surface area contributed by atoms with Crippen molar-refractivity contribution in [2.75, 3.05) is 6.61 Å². The highest BCUT2D eigenvalue weighted by Gasteiger charge is 2.42. The topological polar surface area (TPSA) is 35.0 Å². The van der Waals surface area contributed by atoms with E-state index in [-0.39, 0.29) is 5.41 Å². The van der Waals surface area contributed by atoms with Crippen LogP contribution >= 0.6 is 0 Å². The molecule has 0 saturated carbocycles. The standard InChI is InChI=1S/C49H60N2O/c1-5-9-12-17-30-49(31-18-13-10-6-2)44-22-15-14-21-42(44)43-29-26-39(33-45(43)49)40-34-47(51-48(35-40)46-23-16-19-32-50-46)38-24-27-41(28-25-38)52-36-37(8-4)20-11-7-3/h14-16,19,21-29,32-35,37H,5-13,17-18,20,30-31,36H2,1-4H3. The fourth-order valence-electron chi connectivity index (χ4n) is 8.33. The monoisotopic (exact) mass is 692 g/mol. The van der Waals surface area contributed by atoms with Crippen LogP contribution in [0.5, 0.6) is 5.75 Å². The molecule has 52 heavy (non-hydrogen) atoms. The van der Waals surface area contributed by atoms with Gasteiger partial charge in [-0.25, -0.2) is 4.98 Å². The molecule has 0 bridgehead atoms. The van der Waals surface area contributed by atoms with Gasteiger partial charge in [-0.15, -0.1) is 0 Å². The van der Waals surface area contributed by atoms with Crippen LogP contribution in [0.1, 0.15) is 129 Å². The van der Waals surface area contributed by atoms with E-state index in [1.807, 2.05) is 18.3 Å². The maximum absolute atomic E-state index is 6.27. The van der Waals surface area contributed by atoms with Crippen molar-refractivity contribution in [2.24, 2.45) is 5.92 Å². The first-order chi connectivity index (χ1) is 25.6. The Morgan fingerprint density at radius 1 is 0.558 bits per heavy atom. The molecular weight excluding hydrogens is 633 g/mol. The minimum absolute atomic E-state index is 0.0479. The Bertz CT molecular complexity index is 1830. The highest BCUT2D eigenvalue weighted by Crippen LogP contribution is 2.55. The van der Waals surface area contributed by atoms with Crippen LogP contribution in [0.2, 0.25) is 0 Å². The van der Waals surface area contributed by atoms with E-state index in [1.165, 1.54) is 117 Å². The summed E-state index contributed by atoms with van der Waals surface area (Å²) in [5.41, 5.74) is 12.2. The molecule has 1 unspecified atom stereocenters. The number of nitrogens with zero attached hydrogens (tertiary/aromatic N) is 2. The van der Waals surface area contributed by atoms with Crippen molar-refractivity contribution >= 4 is 0 Å². The van der Waals surface area contributed by atoms with Crippen LogP contribution < -0.4 is 4.74 Å². The summed E-state index contributed by atoms with van der Waals surface area (Å²) in [5.74, 6) is 1.53. The summed E-state index contributed by atoms with van der Waals surface area (Å²) in [4.78, 5) is 9.92. The molecule has 0 amide bonds. The molecule has 272 valence electrons. The van der Waals surface area contributed by atoms with Crippen molar-refractivity contribution in [1.29, 1.82) is 0 Å². The second-order valence-electron chi connectivity index (χ2n) is 15.1. The quantitative estimate of drug-likeness (QED) is 0.0762. The first kappa shape index (κ1) is 37.5. The molecular formula is C49H60N2O. The molecule has 1 aliphatic carbocycles. The van der Waals surface area contributed by atoms with Crippen LogP contribution in [-0.2, 0) is 5.41 Å². The lowest BCUT2D eigenvalue weighted by molar-refractivity contribution is 0.233. The Hall–Kier alpha value is -4.24. The number of fused-ring (bicyclic) bond motifs is 3. The molecule has 2 aromatic heterocycles. The average molecular weight is 693 g/mol. The van der Waals surface area contributed by atoms with E-state index in [9.17, 15) is 0 Å². The zero-order valence-corrected chi connectivity index (χ0v) is 32.3. The summed E-state index contributed by atoms with van der Waals surface area (Å²) >= 11 is 0. The number of rotatable bonds is 20. The molecule has 3 heteroatoms. The first-order valence-corrected chi connectivity index (χ1v) is 20.5. The summed E-state index contributed by atoms with van der Waals surface area (Å²) in [7, 11) is 0. The molecule has 2 heterocycles. The van der Waals surface area contributed by atoms with Crippen LogP contribution in [0.15, 0.2) is 103 Å². The van der Waals surface area contributed by atoms with Gasteiger partial charge in [0.05, 0.1) is 23.7 Å². The minimum atomic E-state index is 0.0479. The highest BCUT2D eigenvalue weighted by atomic mass is 16.5. The van der Waals surface area contributed by atoms with E-state index in [2.05, 4.69) is 113 Å². The molecule has 6 rings (SSSR count). The smallest absolute Gasteiger partial charge is 0.119 e. The first-order valence-electron chi connectivity index (χ1n) is 20.5. The lowest BCUT2D eigenvalue weighted by Gasteiger charge is -2.33. The van der Waals surface area contributed by atoms with Crippen molar-refractivity contribution in [3.8, 4) is 50.6 Å². The second kappa shape index (κ2) is 18.5. The molecule has 0 fully saturated rings. The van der Waals surface area contributed by atoms with E-state index in [4.69, 9.17) is 14.7 Å². The van der Waals surface area contributed by atoms with Crippen molar-refractivity contribution in [3.63, 3.8) is 0 Å². The van der Waals surface area contributed by atoms with Crippen LogP contribution in [0.25, 0.3) is 44.9 Å². The number of pyridine rings is 2. The fraction of sp³-hybridized carbons (Fsp3) is 0.429. The van der Waals surface area contributed by atoms with Gasteiger partial charge in [0.2, 0.25) is 0 Å². The van der Waals surface area contributed by atoms with E-state index >= 15 is 0 Å². The third kappa shape index (κ3) is 8.68. The maximum Gasteiger partial charge on any atom is 0.119 e. The Kier molecular flexibility index (Phi) is 13.3. The van der Waals surface area contributed by atoms with E-state index < -0.39 is 0 Å². The van der Waals surface area contributed by atoms with Crippen molar-refractivity contribution in [1.82, 2.24) is 9.97 Å². The Balaban J connectivity index is 1.38. The molecule has 5 aromatic rings. The van der Waals surface area contributed by atoms with Crippen molar-refractivity contribution < 1.29 is 4.74 Å². The van der Waals surface area contributed by atoms with Gasteiger partial charge in [-0.1, -0.05) is 141 Å². The molecule has 0 spiro atoms. The summed E-state index contributed by atoms with van der Waals surface area (Å²) in [6.07, 6.45) is 19.4. The molecule has 1 aliphatic rings. The summed E-state index contributed by atoms with van der Waals surface area (Å²) in [5, 5.41) is 0. The Morgan fingerprint density at radius 3 is 1.92 bits per heavy atom. The predicted molar refractivity (Wildman–Crippen MR) is 221 cm³/mol. The van der Waals surface area contributed by atoms with Gasteiger partial charge in [0, 0.05) is 17.2 Å². The Labute approximate surface area is 314 Å². The minimum Gasteiger partial charge on any atom is -0.493 e. The largest absolute Gasteiger partial charge is 0.493 e. The van der Waals surface area contributed by atoms with Gasteiger partial charge in [-0.3, -0.25) is 4.98 Å². The average Bonchev–Trinajstić information content (AvgIpc) is 3.47. The number of unbranched alkanes of at least 4 members (excludes halogenated alkanes) is 7. The van der Waals surface area contributed by atoms with Crippen LogP contribution in [-0.4, -0.2) is 16.6 Å². The van der Waals surface area contributed by atoms with E-state index in [0.29, 0.717) is 5.92 Å². The zero-order chi connectivity index (χ0) is 36.2.